The van der Waals surface area contributed by atoms with Crippen LogP contribution >= 0.6 is 0 Å². The molecule has 1 heterocycles. The van der Waals surface area contributed by atoms with Crippen LogP contribution in [0.3, 0.4) is 0 Å². The van der Waals surface area contributed by atoms with Gasteiger partial charge in [0, 0.05) is 18.1 Å². The minimum atomic E-state index is 0.741. The van der Waals surface area contributed by atoms with Crippen LogP contribution in [0.25, 0.3) is 0 Å². The topological polar surface area (TPSA) is 15.3 Å². The molecule has 0 bridgehead atoms. The lowest BCUT2D eigenvalue weighted by molar-refractivity contribution is 0.0790. The van der Waals surface area contributed by atoms with Crippen molar-refractivity contribution in [1.29, 1.82) is 0 Å². The Balaban J connectivity index is 2.04. The molecule has 0 amide bonds. The lowest BCUT2D eigenvalue weighted by atomic mass is 9.76. The fourth-order valence-corrected chi connectivity index (χ4v) is 4.10. The van der Waals surface area contributed by atoms with Gasteiger partial charge in [0.2, 0.25) is 0 Å². The second-order valence-electron chi connectivity index (χ2n) is 6.78. The van der Waals surface area contributed by atoms with Crippen molar-refractivity contribution in [3.8, 4) is 0 Å². The lowest BCUT2D eigenvalue weighted by Crippen LogP contribution is -2.54. The van der Waals surface area contributed by atoms with Gasteiger partial charge in [0.15, 0.2) is 0 Å². The van der Waals surface area contributed by atoms with E-state index in [0.717, 1.165) is 36.5 Å². The van der Waals surface area contributed by atoms with E-state index in [1.807, 2.05) is 0 Å². The van der Waals surface area contributed by atoms with Crippen molar-refractivity contribution in [3.63, 3.8) is 0 Å². The molecule has 1 aliphatic heterocycles. The van der Waals surface area contributed by atoms with Crippen molar-refractivity contribution in [2.24, 2.45) is 11.8 Å². The molecular formula is C16H32N2. The van der Waals surface area contributed by atoms with E-state index < -0.39 is 0 Å². The van der Waals surface area contributed by atoms with E-state index in [-0.39, 0.29) is 0 Å². The predicted octanol–water partition coefficient (Wildman–Crippen LogP) is 3.27. The van der Waals surface area contributed by atoms with Crippen molar-refractivity contribution in [3.05, 3.63) is 0 Å². The summed E-state index contributed by atoms with van der Waals surface area (Å²) in [5.41, 5.74) is 0. The highest BCUT2D eigenvalue weighted by molar-refractivity contribution is 4.95. The molecule has 2 aliphatic rings. The van der Waals surface area contributed by atoms with Crippen molar-refractivity contribution >= 4 is 0 Å². The van der Waals surface area contributed by atoms with E-state index in [2.05, 4.69) is 37.9 Å². The molecule has 18 heavy (non-hydrogen) atoms. The zero-order valence-corrected chi connectivity index (χ0v) is 12.8. The highest BCUT2D eigenvalue weighted by Gasteiger charge is 2.38. The van der Waals surface area contributed by atoms with E-state index in [9.17, 15) is 0 Å². The van der Waals surface area contributed by atoms with E-state index >= 15 is 0 Å². The molecule has 2 fully saturated rings. The minimum Gasteiger partial charge on any atom is -0.313 e. The summed E-state index contributed by atoms with van der Waals surface area (Å²) in [4.78, 5) is 2.81. The standard InChI is InChI=1S/C16H32N2/c1-5-17-15-9-8-14(12(2)3)11-16(15)18-10-6-7-13(18)4/h12-17H,5-11H2,1-4H3. The Bertz CT molecular complexity index is 251. The second kappa shape index (κ2) is 6.38. The third kappa shape index (κ3) is 3.08. The van der Waals surface area contributed by atoms with E-state index in [1.54, 1.807) is 0 Å². The third-order valence-corrected chi connectivity index (χ3v) is 5.30. The van der Waals surface area contributed by atoms with Gasteiger partial charge in [-0.1, -0.05) is 20.8 Å². The summed E-state index contributed by atoms with van der Waals surface area (Å²) in [5.74, 6) is 1.80. The highest BCUT2D eigenvalue weighted by Crippen LogP contribution is 2.35. The van der Waals surface area contributed by atoms with Crippen LogP contribution in [0.15, 0.2) is 0 Å². The van der Waals surface area contributed by atoms with Crippen molar-refractivity contribution in [1.82, 2.24) is 10.2 Å². The number of rotatable bonds is 4. The number of hydrogen-bond donors (Lipinski definition) is 1. The summed E-state index contributed by atoms with van der Waals surface area (Å²) in [5, 5.41) is 3.75. The third-order valence-electron chi connectivity index (χ3n) is 5.30. The van der Waals surface area contributed by atoms with Crippen LogP contribution in [-0.4, -0.2) is 36.1 Å². The normalized spacial score (nSPS) is 38.5. The van der Waals surface area contributed by atoms with Crippen LogP contribution in [0, 0.1) is 11.8 Å². The number of likely N-dealkylation sites (N-methyl/N-ethyl adjacent to an activating group) is 1. The molecule has 0 spiro atoms. The Kier molecular flexibility index (Phi) is 5.08. The summed E-state index contributed by atoms with van der Waals surface area (Å²) in [7, 11) is 0. The van der Waals surface area contributed by atoms with Gasteiger partial charge in [0.25, 0.3) is 0 Å². The molecule has 1 aliphatic carbocycles. The first kappa shape index (κ1) is 14.3. The van der Waals surface area contributed by atoms with Gasteiger partial charge in [0.05, 0.1) is 0 Å². The Hall–Kier alpha value is -0.0800. The van der Waals surface area contributed by atoms with Crippen LogP contribution < -0.4 is 5.32 Å². The maximum Gasteiger partial charge on any atom is 0.0254 e. The largest absolute Gasteiger partial charge is 0.313 e. The molecular weight excluding hydrogens is 220 g/mol. The van der Waals surface area contributed by atoms with Gasteiger partial charge in [-0.15, -0.1) is 0 Å². The average molecular weight is 252 g/mol. The number of nitrogens with one attached hydrogen (secondary N) is 1. The van der Waals surface area contributed by atoms with Gasteiger partial charge in [-0.3, -0.25) is 4.90 Å². The lowest BCUT2D eigenvalue weighted by Gasteiger charge is -2.44. The fourth-order valence-electron chi connectivity index (χ4n) is 4.10. The summed E-state index contributed by atoms with van der Waals surface area (Å²) in [6.45, 7) is 11.9. The Morgan fingerprint density at radius 3 is 2.56 bits per heavy atom. The van der Waals surface area contributed by atoms with Gasteiger partial charge in [-0.2, -0.15) is 0 Å². The van der Waals surface area contributed by atoms with Crippen LogP contribution in [-0.2, 0) is 0 Å². The molecule has 1 saturated heterocycles. The molecule has 0 aromatic rings. The second-order valence-corrected chi connectivity index (χ2v) is 6.78. The first-order valence-electron chi connectivity index (χ1n) is 8.12. The quantitative estimate of drug-likeness (QED) is 0.826. The minimum absolute atomic E-state index is 0.741. The fraction of sp³-hybridized carbons (Fsp3) is 1.00. The number of nitrogens with zero attached hydrogens (tertiary/aromatic N) is 1. The first-order valence-corrected chi connectivity index (χ1v) is 8.12. The van der Waals surface area contributed by atoms with Crippen LogP contribution in [0.5, 0.6) is 0 Å². The van der Waals surface area contributed by atoms with Gasteiger partial charge in [0.1, 0.15) is 0 Å². The smallest absolute Gasteiger partial charge is 0.0254 e. The molecule has 4 unspecified atom stereocenters. The van der Waals surface area contributed by atoms with Gasteiger partial charge in [-0.25, -0.2) is 0 Å². The molecule has 0 aromatic heterocycles. The molecule has 1 N–H and O–H groups in total. The molecule has 1 saturated carbocycles. The monoisotopic (exact) mass is 252 g/mol. The van der Waals surface area contributed by atoms with Gasteiger partial charge < -0.3 is 5.32 Å². The van der Waals surface area contributed by atoms with Crippen molar-refractivity contribution < 1.29 is 0 Å². The summed E-state index contributed by atoms with van der Waals surface area (Å²) < 4.78 is 0. The highest BCUT2D eigenvalue weighted by atomic mass is 15.2. The first-order chi connectivity index (χ1) is 8.63. The average Bonchev–Trinajstić information content (AvgIpc) is 2.76. The summed E-state index contributed by atoms with van der Waals surface area (Å²) in [6.07, 6.45) is 7.03. The number of hydrogen-bond acceptors (Lipinski definition) is 2. The Labute approximate surface area is 114 Å². The van der Waals surface area contributed by atoms with Crippen LogP contribution in [0.1, 0.15) is 59.8 Å². The molecule has 4 atom stereocenters. The Morgan fingerprint density at radius 1 is 1.22 bits per heavy atom. The zero-order chi connectivity index (χ0) is 13.1. The van der Waals surface area contributed by atoms with Crippen LogP contribution in [0.2, 0.25) is 0 Å². The SMILES string of the molecule is CCNC1CCC(C(C)C)CC1N1CCCC1C. The Morgan fingerprint density at radius 2 is 2.00 bits per heavy atom. The van der Waals surface area contributed by atoms with E-state index in [0.29, 0.717) is 0 Å². The van der Waals surface area contributed by atoms with Gasteiger partial charge >= 0.3 is 0 Å². The van der Waals surface area contributed by atoms with Gasteiger partial charge in [-0.05, 0) is 64.0 Å². The summed E-state index contributed by atoms with van der Waals surface area (Å²) in [6, 6.07) is 2.34. The molecule has 2 nitrogen and oxygen atoms in total. The summed E-state index contributed by atoms with van der Waals surface area (Å²) >= 11 is 0. The maximum absolute atomic E-state index is 3.75. The molecule has 2 rings (SSSR count). The van der Waals surface area contributed by atoms with E-state index in [1.165, 1.54) is 38.6 Å². The van der Waals surface area contributed by atoms with Crippen molar-refractivity contribution in [2.45, 2.75) is 77.9 Å². The number of likely N-dealkylation sites (tertiary alicyclic amines) is 1. The zero-order valence-electron chi connectivity index (χ0n) is 12.8. The molecule has 106 valence electrons. The van der Waals surface area contributed by atoms with Crippen molar-refractivity contribution in [2.75, 3.05) is 13.1 Å². The molecule has 2 heteroatoms. The molecule has 0 aromatic carbocycles. The van der Waals surface area contributed by atoms with E-state index in [4.69, 9.17) is 0 Å². The van der Waals surface area contributed by atoms with Crippen LogP contribution in [0.4, 0.5) is 0 Å². The maximum atomic E-state index is 3.75. The predicted molar refractivity (Wildman–Crippen MR) is 78.8 cm³/mol. The molecule has 0 radical (unpaired) electrons.